The molecule has 0 N–H and O–H groups in total. The maximum absolute atomic E-state index is 13.3. The van der Waals surface area contributed by atoms with E-state index in [1.807, 2.05) is 53.4 Å². The van der Waals surface area contributed by atoms with Gasteiger partial charge in [-0.05, 0) is 36.1 Å². The summed E-state index contributed by atoms with van der Waals surface area (Å²) < 4.78 is 0. The number of anilines is 1. The van der Waals surface area contributed by atoms with Gasteiger partial charge in [-0.25, -0.2) is 9.97 Å². The number of piperazine rings is 1. The second-order valence-corrected chi connectivity index (χ2v) is 11.0. The fourth-order valence-electron chi connectivity index (χ4n) is 4.65. The van der Waals surface area contributed by atoms with Crippen LogP contribution in [0.25, 0.3) is 6.08 Å². The van der Waals surface area contributed by atoms with Crippen LogP contribution in [0.15, 0.2) is 71.9 Å². The molecule has 3 aromatic rings. The third-order valence-electron chi connectivity index (χ3n) is 6.65. The standard InChI is InChI=1S/C31H38ClN5OS/c1-3-15-36(16-4-2)29-23-28(32)33-31(34-29)39-24-26-12-8-14-27(22-26)30(38)37-20-18-35(19-21-37)17-9-13-25-10-6-5-7-11-25/h5-14,22-23H,3-4,15-21,24H2,1-2H3. The van der Waals surface area contributed by atoms with Gasteiger partial charge in [0, 0.05) is 63.2 Å². The van der Waals surface area contributed by atoms with E-state index in [0.29, 0.717) is 16.1 Å². The number of nitrogens with zero attached hydrogens (tertiary/aromatic N) is 5. The van der Waals surface area contributed by atoms with Crippen LogP contribution in [0.4, 0.5) is 5.82 Å². The first-order chi connectivity index (χ1) is 19.1. The molecule has 4 rings (SSSR count). The molecule has 0 unspecified atom stereocenters. The average molecular weight is 564 g/mol. The zero-order chi connectivity index (χ0) is 27.5. The highest BCUT2D eigenvalue weighted by Gasteiger charge is 2.22. The number of carbonyl (C=O) groups is 1. The van der Waals surface area contributed by atoms with E-state index in [2.05, 4.69) is 52.9 Å². The maximum Gasteiger partial charge on any atom is 0.253 e. The van der Waals surface area contributed by atoms with Gasteiger partial charge in [0.05, 0.1) is 0 Å². The number of hydrogen-bond acceptors (Lipinski definition) is 6. The number of hydrogen-bond donors (Lipinski definition) is 0. The van der Waals surface area contributed by atoms with Gasteiger partial charge in [-0.15, -0.1) is 0 Å². The normalized spacial score (nSPS) is 14.2. The van der Waals surface area contributed by atoms with Crippen LogP contribution in [0.3, 0.4) is 0 Å². The van der Waals surface area contributed by atoms with Gasteiger partial charge in [-0.1, -0.05) is 91.8 Å². The molecular weight excluding hydrogens is 526 g/mol. The Hall–Kier alpha value is -2.87. The summed E-state index contributed by atoms with van der Waals surface area (Å²) >= 11 is 7.89. The van der Waals surface area contributed by atoms with Gasteiger partial charge in [0.1, 0.15) is 11.0 Å². The molecule has 1 saturated heterocycles. The van der Waals surface area contributed by atoms with Gasteiger partial charge in [0.2, 0.25) is 0 Å². The lowest BCUT2D eigenvalue weighted by atomic mass is 10.1. The Morgan fingerprint density at radius 3 is 2.44 bits per heavy atom. The first-order valence-corrected chi connectivity index (χ1v) is 15.2. The predicted octanol–water partition coefficient (Wildman–Crippen LogP) is 6.52. The fourth-order valence-corrected chi connectivity index (χ4v) is 5.68. The molecule has 206 valence electrons. The van der Waals surface area contributed by atoms with Gasteiger partial charge < -0.3 is 9.80 Å². The van der Waals surface area contributed by atoms with Crippen molar-refractivity contribution in [1.82, 2.24) is 19.8 Å². The Balaban J connectivity index is 1.30. The highest BCUT2D eigenvalue weighted by molar-refractivity contribution is 7.98. The molecule has 0 bridgehead atoms. The van der Waals surface area contributed by atoms with E-state index in [9.17, 15) is 4.79 Å². The Bertz CT molecular complexity index is 1220. The van der Waals surface area contributed by atoms with Gasteiger partial charge in [-0.2, -0.15) is 0 Å². The molecule has 1 aliphatic heterocycles. The molecule has 2 heterocycles. The van der Waals surface area contributed by atoms with Crippen LogP contribution < -0.4 is 4.90 Å². The van der Waals surface area contributed by atoms with E-state index in [1.165, 1.54) is 5.56 Å². The van der Waals surface area contributed by atoms with Crippen molar-refractivity contribution in [1.29, 1.82) is 0 Å². The summed E-state index contributed by atoms with van der Waals surface area (Å²) in [4.78, 5) is 29.1. The van der Waals surface area contributed by atoms with Crippen LogP contribution in [0, 0.1) is 0 Å². The molecule has 0 saturated carbocycles. The van der Waals surface area contributed by atoms with Crippen molar-refractivity contribution < 1.29 is 4.79 Å². The molecule has 2 aromatic carbocycles. The van der Waals surface area contributed by atoms with E-state index in [4.69, 9.17) is 16.6 Å². The van der Waals surface area contributed by atoms with Crippen molar-refractivity contribution in [3.05, 3.63) is 88.6 Å². The Labute approximate surface area is 242 Å². The molecule has 1 fully saturated rings. The minimum Gasteiger partial charge on any atom is -0.356 e. The molecule has 1 aromatic heterocycles. The van der Waals surface area contributed by atoms with E-state index >= 15 is 0 Å². The average Bonchev–Trinajstić information content (AvgIpc) is 2.96. The molecule has 6 nitrogen and oxygen atoms in total. The maximum atomic E-state index is 13.3. The van der Waals surface area contributed by atoms with E-state index in [0.717, 1.165) is 75.6 Å². The molecule has 0 spiro atoms. The first kappa shape index (κ1) is 29.1. The van der Waals surface area contributed by atoms with Crippen LogP contribution in [-0.2, 0) is 5.75 Å². The summed E-state index contributed by atoms with van der Waals surface area (Å²) in [7, 11) is 0. The number of thioether (sulfide) groups is 1. The minimum atomic E-state index is 0.0948. The van der Waals surface area contributed by atoms with E-state index < -0.39 is 0 Å². The SMILES string of the molecule is CCCN(CCC)c1cc(Cl)nc(SCc2cccc(C(=O)N3CCN(CC=Cc4ccccc4)CC3)c2)n1. The van der Waals surface area contributed by atoms with Crippen molar-refractivity contribution in [2.75, 3.05) is 50.7 Å². The molecule has 1 aliphatic rings. The summed E-state index contributed by atoms with van der Waals surface area (Å²) in [6.45, 7) is 10.3. The lowest BCUT2D eigenvalue weighted by Crippen LogP contribution is -2.48. The van der Waals surface area contributed by atoms with Gasteiger partial charge in [0.15, 0.2) is 5.16 Å². The van der Waals surface area contributed by atoms with Crippen molar-refractivity contribution in [3.8, 4) is 0 Å². The van der Waals surface area contributed by atoms with Crippen molar-refractivity contribution >= 4 is 41.2 Å². The summed E-state index contributed by atoms with van der Waals surface area (Å²) in [6.07, 6.45) is 6.45. The smallest absolute Gasteiger partial charge is 0.253 e. The van der Waals surface area contributed by atoms with E-state index in [1.54, 1.807) is 11.8 Å². The quantitative estimate of drug-likeness (QED) is 0.142. The largest absolute Gasteiger partial charge is 0.356 e. The molecule has 0 atom stereocenters. The zero-order valence-corrected chi connectivity index (χ0v) is 24.5. The molecular formula is C31H38ClN5OS. The molecule has 0 aliphatic carbocycles. The molecule has 8 heteroatoms. The van der Waals surface area contributed by atoms with Crippen LogP contribution >= 0.6 is 23.4 Å². The lowest BCUT2D eigenvalue weighted by molar-refractivity contribution is 0.0650. The first-order valence-electron chi connectivity index (χ1n) is 13.8. The van der Waals surface area contributed by atoms with Gasteiger partial charge in [-0.3, -0.25) is 9.69 Å². The monoisotopic (exact) mass is 563 g/mol. The number of aromatic nitrogens is 2. The fraction of sp³-hybridized carbons (Fsp3) is 0.387. The highest BCUT2D eigenvalue weighted by Crippen LogP contribution is 2.25. The summed E-state index contributed by atoms with van der Waals surface area (Å²) in [5.41, 5.74) is 3.01. The summed E-state index contributed by atoms with van der Waals surface area (Å²) in [5, 5.41) is 1.11. The number of halogens is 1. The van der Waals surface area contributed by atoms with E-state index in [-0.39, 0.29) is 5.91 Å². The number of carbonyl (C=O) groups excluding carboxylic acids is 1. The Morgan fingerprint density at radius 1 is 0.974 bits per heavy atom. The van der Waals surface area contributed by atoms with Crippen molar-refractivity contribution in [2.24, 2.45) is 0 Å². The predicted molar refractivity (Wildman–Crippen MR) is 164 cm³/mol. The topological polar surface area (TPSA) is 52.6 Å². The van der Waals surface area contributed by atoms with Crippen molar-refractivity contribution in [2.45, 2.75) is 37.6 Å². The lowest BCUT2D eigenvalue weighted by Gasteiger charge is -2.34. The second kappa shape index (κ2) is 15.1. The van der Waals surface area contributed by atoms with Crippen LogP contribution in [-0.4, -0.2) is 71.5 Å². The Kier molecular flexibility index (Phi) is 11.2. The second-order valence-electron chi connectivity index (χ2n) is 9.71. The van der Waals surface area contributed by atoms with Crippen molar-refractivity contribution in [3.63, 3.8) is 0 Å². The van der Waals surface area contributed by atoms with Crippen LogP contribution in [0.2, 0.25) is 5.15 Å². The zero-order valence-electron chi connectivity index (χ0n) is 22.9. The minimum absolute atomic E-state index is 0.0948. The van der Waals surface area contributed by atoms with Crippen LogP contribution in [0.5, 0.6) is 0 Å². The molecule has 0 radical (unpaired) electrons. The highest BCUT2D eigenvalue weighted by atomic mass is 35.5. The summed E-state index contributed by atoms with van der Waals surface area (Å²) in [5.74, 6) is 1.64. The summed E-state index contributed by atoms with van der Waals surface area (Å²) in [6, 6.07) is 20.1. The number of rotatable bonds is 12. The van der Waals surface area contributed by atoms with Gasteiger partial charge in [0.25, 0.3) is 5.91 Å². The third kappa shape index (κ3) is 8.82. The number of amides is 1. The van der Waals surface area contributed by atoms with Crippen LogP contribution in [0.1, 0.15) is 48.2 Å². The molecule has 1 amide bonds. The Morgan fingerprint density at radius 2 is 1.72 bits per heavy atom. The molecule has 39 heavy (non-hydrogen) atoms. The van der Waals surface area contributed by atoms with Gasteiger partial charge >= 0.3 is 0 Å². The number of benzene rings is 2. The third-order valence-corrected chi connectivity index (χ3v) is 7.76.